The molecule has 1 rings (SSSR count). The number of aliphatic carboxylic acids is 1. The Morgan fingerprint density at radius 2 is 2.10 bits per heavy atom. The number of aliphatic hydroxyl groups is 1. The van der Waals surface area contributed by atoms with Gasteiger partial charge in [0.25, 0.3) is 0 Å². The van der Waals surface area contributed by atoms with Gasteiger partial charge in [-0.15, -0.1) is 0 Å². The predicted molar refractivity (Wildman–Crippen MR) is 69.6 cm³/mol. The van der Waals surface area contributed by atoms with Crippen molar-refractivity contribution in [2.24, 2.45) is 0 Å². The van der Waals surface area contributed by atoms with Gasteiger partial charge in [-0.2, -0.15) is 0 Å². The van der Waals surface area contributed by atoms with Crippen LogP contribution >= 0.6 is 0 Å². The molecule has 2 unspecified atom stereocenters. The van der Waals surface area contributed by atoms with E-state index in [1.807, 2.05) is 0 Å². The number of carbonyl (C=O) groups is 2. The fourth-order valence-corrected chi connectivity index (χ4v) is 1.43. The van der Waals surface area contributed by atoms with E-state index < -0.39 is 36.0 Å². The van der Waals surface area contributed by atoms with E-state index in [0.717, 1.165) is 6.92 Å². The quantitative estimate of drug-likeness (QED) is 0.649. The zero-order valence-electron chi connectivity index (χ0n) is 11.2. The van der Waals surface area contributed by atoms with Crippen molar-refractivity contribution in [1.29, 1.82) is 0 Å². The summed E-state index contributed by atoms with van der Waals surface area (Å²) >= 11 is 0. The van der Waals surface area contributed by atoms with Crippen LogP contribution in [0.3, 0.4) is 0 Å². The lowest BCUT2D eigenvalue weighted by Gasteiger charge is -2.20. The summed E-state index contributed by atoms with van der Waals surface area (Å²) in [4.78, 5) is 22.2. The Hall–Kier alpha value is -2.15. The summed E-state index contributed by atoms with van der Waals surface area (Å²) in [6, 6.07) is 4.65. The Labute approximate surface area is 115 Å². The number of amides is 2. The molecule has 20 heavy (non-hydrogen) atoms. The monoisotopic (exact) mass is 284 g/mol. The second-order valence-corrected chi connectivity index (χ2v) is 4.68. The van der Waals surface area contributed by atoms with Crippen LogP contribution in [-0.4, -0.2) is 34.4 Å². The van der Waals surface area contributed by atoms with Crippen LogP contribution in [0.15, 0.2) is 24.3 Å². The van der Waals surface area contributed by atoms with Gasteiger partial charge in [0.1, 0.15) is 5.82 Å². The van der Waals surface area contributed by atoms with E-state index in [1.165, 1.54) is 18.2 Å². The lowest BCUT2D eigenvalue weighted by atomic mass is 10.1. The molecule has 7 heteroatoms. The molecule has 0 aromatic heterocycles. The topological polar surface area (TPSA) is 98.7 Å². The Morgan fingerprint density at radius 3 is 2.65 bits per heavy atom. The third-order valence-electron chi connectivity index (χ3n) is 2.75. The molecule has 0 aliphatic carbocycles. The number of halogens is 1. The molecular weight excluding hydrogens is 267 g/mol. The Morgan fingerprint density at radius 1 is 1.45 bits per heavy atom. The zero-order chi connectivity index (χ0) is 15.3. The van der Waals surface area contributed by atoms with E-state index in [4.69, 9.17) is 5.11 Å². The Balaban J connectivity index is 2.52. The van der Waals surface area contributed by atoms with Crippen LogP contribution in [0.5, 0.6) is 0 Å². The van der Waals surface area contributed by atoms with Gasteiger partial charge in [0, 0.05) is 0 Å². The van der Waals surface area contributed by atoms with Crippen LogP contribution in [0.4, 0.5) is 9.18 Å². The van der Waals surface area contributed by atoms with Crippen LogP contribution in [-0.2, 0) is 4.79 Å². The van der Waals surface area contributed by atoms with Crippen LogP contribution in [0.25, 0.3) is 0 Å². The molecule has 0 fully saturated rings. The first-order valence-corrected chi connectivity index (χ1v) is 5.98. The molecule has 4 N–H and O–H groups in total. The highest BCUT2D eigenvalue weighted by atomic mass is 19.1. The lowest BCUT2D eigenvalue weighted by Crippen LogP contribution is -2.49. The van der Waals surface area contributed by atoms with Crippen molar-refractivity contribution in [2.75, 3.05) is 6.54 Å². The maximum atomic E-state index is 13.0. The van der Waals surface area contributed by atoms with Crippen molar-refractivity contribution in [2.45, 2.75) is 25.5 Å². The number of rotatable bonds is 5. The predicted octanol–water partition coefficient (Wildman–Crippen LogP) is 1.02. The van der Waals surface area contributed by atoms with Gasteiger partial charge in [0.2, 0.25) is 0 Å². The van der Waals surface area contributed by atoms with E-state index in [9.17, 15) is 19.1 Å². The van der Waals surface area contributed by atoms with E-state index in [0.29, 0.717) is 5.56 Å². The molecule has 0 aliphatic heterocycles. The molecule has 0 saturated carbocycles. The van der Waals surface area contributed by atoms with Gasteiger partial charge < -0.3 is 20.8 Å². The Kier molecular flexibility index (Phi) is 5.04. The van der Waals surface area contributed by atoms with Crippen molar-refractivity contribution in [3.8, 4) is 0 Å². The molecule has 0 aliphatic rings. The average molecular weight is 284 g/mol. The fourth-order valence-electron chi connectivity index (χ4n) is 1.43. The summed E-state index contributed by atoms with van der Waals surface area (Å²) in [5, 5.41) is 22.9. The van der Waals surface area contributed by atoms with Gasteiger partial charge in [0.05, 0.1) is 12.6 Å². The van der Waals surface area contributed by atoms with E-state index in [2.05, 4.69) is 10.6 Å². The molecule has 0 saturated heterocycles. The molecule has 1 aromatic carbocycles. The van der Waals surface area contributed by atoms with Crippen molar-refractivity contribution < 1.29 is 24.2 Å². The zero-order valence-corrected chi connectivity index (χ0v) is 11.2. The minimum absolute atomic E-state index is 0.412. The number of benzene rings is 1. The molecule has 0 bridgehead atoms. The number of carboxylic acids is 1. The van der Waals surface area contributed by atoms with Gasteiger partial charge in [-0.1, -0.05) is 12.1 Å². The second-order valence-electron chi connectivity index (χ2n) is 4.68. The number of carbonyl (C=O) groups excluding carboxylic acids is 1. The van der Waals surface area contributed by atoms with Gasteiger partial charge in [-0.25, -0.2) is 14.0 Å². The van der Waals surface area contributed by atoms with Crippen molar-refractivity contribution in [3.63, 3.8) is 0 Å². The SMILES string of the molecule is CC(NC(=O)NCC(C)(O)C(=O)O)c1cccc(F)c1. The average Bonchev–Trinajstić information content (AvgIpc) is 2.36. The highest BCUT2D eigenvalue weighted by Crippen LogP contribution is 2.13. The second kappa shape index (κ2) is 6.33. The van der Waals surface area contributed by atoms with Gasteiger partial charge >= 0.3 is 12.0 Å². The number of nitrogens with one attached hydrogen (secondary N) is 2. The number of hydrogen-bond donors (Lipinski definition) is 4. The summed E-state index contributed by atoms with van der Waals surface area (Å²) < 4.78 is 13.0. The molecule has 1 aromatic rings. The molecule has 2 atom stereocenters. The standard InChI is InChI=1S/C13H17FN2O4/c1-8(9-4-3-5-10(14)6-9)16-12(19)15-7-13(2,20)11(17)18/h3-6,8,20H,7H2,1-2H3,(H,17,18)(H2,15,16,19). The molecule has 6 nitrogen and oxygen atoms in total. The summed E-state index contributed by atoms with van der Waals surface area (Å²) in [6.45, 7) is 2.29. The number of carboxylic acid groups (broad SMARTS) is 1. The fraction of sp³-hybridized carbons (Fsp3) is 0.385. The molecule has 0 spiro atoms. The van der Waals surface area contributed by atoms with Crippen LogP contribution in [0.2, 0.25) is 0 Å². The molecule has 110 valence electrons. The van der Waals surface area contributed by atoms with E-state index in [1.54, 1.807) is 13.0 Å². The minimum atomic E-state index is -2.04. The normalized spacial score (nSPS) is 15.0. The summed E-state index contributed by atoms with van der Waals surface area (Å²) in [7, 11) is 0. The Bertz CT molecular complexity index is 505. The van der Waals surface area contributed by atoms with Crippen LogP contribution in [0.1, 0.15) is 25.5 Å². The maximum absolute atomic E-state index is 13.0. The maximum Gasteiger partial charge on any atom is 0.337 e. The minimum Gasteiger partial charge on any atom is -0.479 e. The van der Waals surface area contributed by atoms with Crippen molar-refractivity contribution >= 4 is 12.0 Å². The van der Waals surface area contributed by atoms with E-state index in [-0.39, 0.29) is 0 Å². The first kappa shape index (κ1) is 15.9. The third kappa shape index (κ3) is 4.51. The molecule has 0 radical (unpaired) electrons. The van der Waals surface area contributed by atoms with E-state index >= 15 is 0 Å². The summed E-state index contributed by atoms with van der Waals surface area (Å²) in [5.74, 6) is -1.85. The highest BCUT2D eigenvalue weighted by Gasteiger charge is 2.30. The van der Waals surface area contributed by atoms with Gasteiger partial charge in [-0.05, 0) is 31.5 Å². The summed E-state index contributed by atoms with van der Waals surface area (Å²) in [5.41, 5.74) is -1.47. The van der Waals surface area contributed by atoms with Gasteiger partial charge in [0.15, 0.2) is 5.60 Å². The lowest BCUT2D eigenvalue weighted by molar-refractivity contribution is -0.155. The smallest absolute Gasteiger partial charge is 0.337 e. The summed E-state index contributed by atoms with van der Waals surface area (Å²) in [6.07, 6.45) is 0. The first-order chi connectivity index (χ1) is 9.22. The third-order valence-corrected chi connectivity index (χ3v) is 2.75. The number of hydrogen-bond acceptors (Lipinski definition) is 3. The first-order valence-electron chi connectivity index (χ1n) is 5.98. The van der Waals surface area contributed by atoms with Crippen molar-refractivity contribution in [1.82, 2.24) is 10.6 Å². The molecule has 0 heterocycles. The largest absolute Gasteiger partial charge is 0.479 e. The van der Waals surface area contributed by atoms with Gasteiger partial charge in [-0.3, -0.25) is 0 Å². The highest BCUT2D eigenvalue weighted by molar-refractivity contribution is 5.79. The van der Waals surface area contributed by atoms with Crippen LogP contribution in [0, 0.1) is 5.82 Å². The number of urea groups is 1. The van der Waals surface area contributed by atoms with Crippen LogP contribution < -0.4 is 10.6 Å². The molecular formula is C13H17FN2O4. The molecule has 2 amide bonds. The van der Waals surface area contributed by atoms with Crippen molar-refractivity contribution in [3.05, 3.63) is 35.6 Å².